The van der Waals surface area contributed by atoms with Gasteiger partial charge in [-0.3, -0.25) is 4.79 Å². The van der Waals surface area contributed by atoms with Crippen LogP contribution in [0, 0.1) is 0 Å². The Kier molecular flexibility index (Phi) is 6.67. The number of hydrogen-bond donors (Lipinski definition) is 1. The van der Waals surface area contributed by atoms with Gasteiger partial charge in [-0.25, -0.2) is 0 Å². The van der Waals surface area contributed by atoms with Crippen molar-refractivity contribution in [3.05, 3.63) is 22.4 Å². The molecule has 1 aromatic heterocycles. The fourth-order valence-corrected chi connectivity index (χ4v) is 3.12. The molecular weight excluding hydrogens is 299 g/mol. The zero-order chi connectivity index (χ0) is 14.3. The van der Waals surface area contributed by atoms with Gasteiger partial charge in [-0.2, -0.15) is 13.2 Å². The highest BCUT2D eigenvalue weighted by atomic mass is 32.2. The molecule has 0 aliphatic carbocycles. The van der Waals surface area contributed by atoms with Crippen molar-refractivity contribution in [3.8, 4) is 0 Å². The largest absolute Gasteiger partial charge is 0.406 e. The van der Waals surface area contributed by atoms with E-state index in [-0.39, 0.29) is 12.3 Å². The average molecular weight is 313 g/mol. The number of nitrogens with zero attached hydrogens (tertiary/aromatic N) is 1. The lowest BCUT2D eigenvalue weighted by Gasteiger charge is -2.22. The van der Waals surface area contributed by atoms with Crippen LogP contribution in [0.5, 0.6) is 0 Å². The van der Waals surface area contributed by atoms with Crippen LogP contribution in [0.25, 0.3) is 0 Å². The van der Waals surface area contributed by atoms with Crippen LogP contribution in [0.3, 0.4) is 0 Å². The minimum Gasteiger partial charge on any atom is -0.395 e. The van der Waals surface area contributed by atoms with Gasteiger partial charge in [0.2, 0.25) is 5.91 Å². The van der Waals surface area contributed by atoms with E-state index in [1.54, 1.807) is 0 Å². The van der Waals surface area contributed by atoms with E-state index in [0.717, 1.165) is 4.88 Å². The molecule has 1 aromatic rings. The maximum Gasteiger partial charge on any atom is 0.406 e. The first-order chi connectivity index (χ1) is 8.92. The fourth-order valence-electron chi connectivity index (χ4n) is 1.35. The van der Waals surface area contributed by atoms with Crippen LogP contribution in [0.1, 0.15) is 4.88 Å². The molecule has 0 unspecified atom stereocenters. The van der Waals surface area contributed by atoms with E-state index in [4.69, 9.17) is 5.11 Å². The second-order valence-corrected chi connectivity index (χ2v) is 5.74. The summed E-state index contributed by atoms with van der Waals surface area (Å²) in [5.74, 6) is -0.0240. The van der Waals surface area contributed by atoms with E-state index in [1.807, 2.05) is 17.5 Å². The standard InChI is InChI=1S/C11H14F3NO2S2/c12-11(13,14)8-15(3-4-16)10(17)7-18-6-9-2-1-5-19-9/h1-2,5,16H,3-4,6-8H2. The number of thiophene rings is 1. The zero-order valence-corrected chi connectivity index (χ0v) is 11.7. The number of hydrogen-bond acceptors (Lipinski definition) is 4. The molecule has 0 radical (unpaired) electrons. The molecule has 0 aliphatic rings. The number of rotatable bonds is 7. The van der Waals surface area contributed by atoms with Gasteiger partial charge in [0, 0.05) is 17.2 Å². The molecular formula is C11H14F3NO2S2. The van der Waals surface area contributed by atoms with Crippen molar-refractivity contribution in [2.75, 3.05) is 25.4 Å². The normalized spacial score (nSPS) is 11.6. The number of alkyl halides is 3. The van der Waals surface area contributed by atoms with Crippen LogP contribution in [0.2, 0.25) is 0 Å². The van der Waals surface area contributed by atoms with Crippen molar-refractivity contribution >= 4 is 29.0 Å². The highest BCUT2D eigenvalue weighted by Gasteiger charge is 2.32. The summed E-state index contributed by atoms with van der Waals surface area (Å²) < 4.78 is 36.8. The molecule has 19 heavy (non-hydrogen) atoms. The van der Waals surface area contributed by atoms with Gasteiger partial charge in [0.15, 0.2) is 0 Å². The number of aliphatic hydroxyl groups excluding tert-OH is 1. The van der Waals surface area contributed by atoms with Gasteiger partial charge in [-0.05, 0) is 11.4 Å². The molecule has 0 aliphatic heterocycles. The highest BCUT2D eigenvalue weighted by molar-refractivity contribution is 7.99. The van der Waals surface area contributed by atoms with Gasteiger partial charge >= 0.3 is 6.18 Å². The number of carbonyl (C=O) groups excluding carboxylic acids is 1. The van der Waals surface area contributed by atoms with Crippen molar-refractivity contribution in [1.29, 1.82) is 0 Å². The van der Waals surface area contributed by atoms with Crippen molar-refractivity contribution in [2.45, 2.75) is 11.9 Å². The van der Waals surface area contributed by atoms with Gasteiger partial charge in [0.1, 0.15) is 6.54 Å². The number of thioether (sulfide) groups is 1. The summed E-state index contributed by atoms with van der Waals surface area (Å²) in [6, 6.07) is 3.79. The lowest BCUT2D eigenvalue weighted by Crippen LogP contribution is -2.41. The average Bonchev–Trinajstić information content (AvgIpc) is 2.79. The fraction of sp³-hybridized carbons (Fsp3) is 0.545. The summed E-state index contributed by atoms with van der Waals surface area (Å²) in [6.45, 7) is -2.08. The minimum atomic E-state index is -4.44. The Bertz CT molecular complexity index is 382. The molecule has 0 bridgehead atoms. The van der Waals surface area contributed by atoms with Crippen LogP contribution in [-0.4, -0.2) is 47.5 Å². The summed E-state index contributed by atoms with van der Waals surface area (Å²) in [7, 11) is 0. The molecule has 0 aromatic carbocycles. The van der Waals surface area contributed by atoms with E-state index in [2.05, 4.69) is 0 Å². The van der Waals surface area contributed by atoms with Crippen LogP contribution in [0.15, 0.2) is 17.5 Å². The Labute approximate surface area is 117 Å². The first-order valence-electron chi connectivity index (χ1n) is 5.48. The molecule has 1 heterocycles. The molecule has 1 amide bonds. The van der Waals surface area contributed by atoms with Crippen LogP contribution >= 0.6 is 23.1 Å². The molecule has 0 fully saturated rings. The van der Waals surface area contributed by atoms with Crippen molar-refractivity contribution in [2.24, 2.45) is 0 Å². The molecule has 1 N–H and O–H groups in total. The monoisotopic (exact) mass is 313 g/mol. The lowest BCUT2D eigenvalue weighted by molar-refractivity contribution is -0.160. The van der Waals surface area contributed by atoms with Crippen LogP contribution in [0.4, 0.5) is 13.2 Å². The molecule has 0 spiro atoms. The number of aliphatic hydroxyl groups is 1. The smallest absolute Gasteiger partial charge is 0.395 e. The number of amides is 1. The number of halogens is 3. The minimum absolute atomic E-state index is 0.0199. The molecule has 0 saturated heterocycles. The second-order valence-electron chi connectivity index (χ2n) is 3.73. The van der Waals surface area contributed by atoms with Gasteiger partial charge in [-0.15, -0.1) is 23.1 Å². The second kappa shape index (κ2) is 7.76. The van der Waals surface area contributed by atoms with Crippen molar-refractivity contribution < 1.29 is 23.1 Å². The Balaban J connectivity index is 2.39. The highest BCUT2D eigenvalue weighted by Crippen LogP contribution is 2.19. The first kappa shape index (κ1) is 16.3. The summed E-state index contributed by atoms with van der Waals surface area (Å²) in [4.78, 5) is 13.3. The Morgan fingerprint density at radius 3 is 2.74 bits per heavy atom. The Hall–Kier alpha value is -0.730. The van der Waals surface area contributed by atoms with E-state index in [9.17, 15) is 18.0 Å². The maximum atomic E-state index is 12.3. The van der Waals surface area contributed by atoms with E-state index in [0.29, 0.717) is 10.7 Å². The maximum absolute atomic E-state index is 12.3. The number of carbonyl (C=O) groups is 1. The molecule has 3 nitrogen and oxygen atoms in total. The summed E-state index contributed by atoms with van der Waals surface area (Å²) in [5, 5.41) is 10.6. The molecule has 1 rings (SSSR count). The van der Waals surface area contributed by atoms with Gasteiger partial charge in [0.05, 0.1) is 12.4 Å². The van der Waals surface area contributed by atoms with E-state index < -0.39 is 25.2 Å². The third kappa shape index (κ3) is 6.84. The molecule has 0 atom stereocenters. The van der Waals surface area contributed by atoms with E-state index in [1.165, 1.54) is 23.1 Å². The predicted molar refractivity (Wildman–Crippen MR) is 70.2 cm³/mol. The van der Waals surface area contributed by atoms with E-state index >= 15 is 0 Å². The van der Waals surface area contributed by atoms with Gasteiger partial charge in [0.25, 0.3) is 0 Å². The van der Waals surface area contributed by atoms with Crippen molar-refractivity contribution in [1.82, 2.24) is 4.90 Å². The summed E-state index contributed by atoms with van der Waals surface area (Å²) in [5.41, 5.74) is 0. The topological polar surface area (TPSA) is 40.5 Å². The van der Waals surface area contributed by atoms with Crippen molar-refractivity contribution in [3.63, 3.8) is 0 Å². The SMILES string of the molecule is O=C(CSCc1cccs1)N(CCO)CC(F)(F)F. The zero-order valence-electron chi connectivity index (χ0n) is 10.0. The van der Waals surface area contributed by atoms with Gasteiger partial charge in [-0.1, -0.05) is 6.07 Å². The first-order valence-corrected chi connectivity index (χ1v) is 7.51. The third-order valence-electron chi connectivity index (χ3n) is 2.14. The quantitative estimate of drug-likeness (QED) is 0.840. The molecule has 108 valence electrons. The predicted octanol–water partition coefficient (Wildman–Crippen LogP) is 2.36. The van der Waals surface area contributed by atoms with Gasteiger partial charge < -0.3 is 10.0 Å². The Morgan fingerprint density at radius 2 is 2.21 bits per heavy atom. The lowest BCUT2D eigenvalue weighted by atomic mass is 10.4. The van der Waals surface area contributed by atoms with Crippen LogP contribution < -0.4 is 0 Å². The molecule has 8 heteroatoms. The summed E-state index contributed by atoms with van der Waals surface area (Å²) >= 11 is 2.81. The molecule has 0 saturated carbocycles. The third-order valence-corrected chi connectivity index (χ3v) is 4.17. The Morgan fingerprint density at radius 1 is 1.47 bits per heavy atom. The van der Waals surface area contributed by atoms with Crippen LogP contribution in [-0.2, 0) is 10.5 Å². The summed E-state index contributed by atoms with van der Waals surface area (Å²) in [6.07, 6.45) is -4.44.